The summed E-state index contributed by atoms with van der Waals surface area (Å²) in [4.78, 5) is 14.9. The van der Waals surface area contributed by atoms with Crippen molar-refractivity contribution < 1.29 is 9.53 Å². The number of nitrogens with one attached hydrogen (secondary N) is 2. The molecule has 0 saturated carbocycles. The molecular weight excluding hydrogens is 386 g/mol. The molecule has 1 unspecified atom stereocenters. The lowest BCUT2D eigenvalue weighted by molar-refractivity contribution is 0.0951. The zero-order valence-electron chi connectivity index (χ0n) is 19.2. The van der Waals surface area contributed by atoms with E-state index in [1.54, 1.807) is 7.11 Å². The van der Waals surface area contributed by atoms with Gasteiger partial charge in [-0.2, -0.15) is 0 Å². The van der Waals surface area contributed by atoms with Crippen molar-refractivity contribution in [3.8, 4) is 5.75 Å². The second kappa shape index (κ2) is 9.29. The Hall–Kier alpha value is -3.21. The number of carbonyl (C=O) groups is 1. The van der Waals surface area contributed by atoms with Gasteiger partial charge in [0.2, 0.25) is 0 Å². The van der Waals surface area contributed by atoms with Gasteiger partial charge in [0.15, 0.2) is 0 Å². The number of allylic oxidation sites excluding steroid dienone is 2. The van der Waals surface area contributed by atoms with Gasteiger partial charge in [-0.3, -0.25) is 4.79 Å². The van der Waals surface area contributed by atoms with Crippen molar-refractivity contribution in [2.45, 2.75) is 39.2 Å². The molecule has 1 aliphatic heterocycles. The van der Waals surface area contributed by atoms with Crippen LogP contribution in [0.5, 0.6) is 5.75 Å². The molecule has 0 radical (unpaired) electrons. The Labute approximate surface area is 185 Å². The largest absolute Gasteiger partial charge is 0.497 e. The highest BCUT2D eigenvalue weighted by molar-refractivity contribution is 5.94. The molecule has 0 bridgehead atoms. The van der Waals surface area contributed by atoms with Crippen LogP contribution in [0.15, 0.2) is 60.8 Å². The molecule has 31 heavy (non-hydrogen) atoms. The summed E-state index contributed by atoms with van der Waals surface area (Å²) in [5.74, 6) is 0.763. The molecule has 3 rings (SSSR count). The summed E-state index contributed by atoms with van der Waals surface area (Å²) in [7, 11) is 3.74. The first-order valence-corrected chi connectivity index (χ1v) is 10.7. The minimum absolute atomic E-state index is 0.0464. The molecule has 5 heteroatoms. The first kappa shape index (κ1) is 22.5. The smallest absolute Gasteiger partial charge is 0.251 e. The monoisotopic (exact) mass is 419 g/mol. The van der Waals surface area contributed by atoms with Crippen molar-refractivity contribution in [2.24, 2.45) is 0 Å². The van der Waals surface area contributed by atoms with Crippen molar-refractivity contribution >= 4 is 17.3 Å². The van der Waals surface area contributed by atoms with E-state index in [-0.39, 0.29) is 11.4 Å². The van der Waals surface area contributed by atoms with Crippen LogP contribution >= 0.6 is 0 Å². The Balaban J connectivity index is 1.83. The molecule has 1 aliphatic rings. The number of nitrogens with zero attached hydrogens (tertiary/aromatic N) is 1. The SMILES string of the molecule is C=C/C=C1\N(C)c2ccc(OC)cc2NC1(CC)CCNC(=O)c1ccc(C)c(C)c1. The second-order valence-electron chi connectivity index (χ2n) is 8.10. The van der Waals surface area contributed by atoms with Gasteiger partial charge in [-0.25, -0.2) is 0 Å². The maximum atomic E-state index is 12.7. The summed E-state index contributed by atoms with van der Waals surface area (Å²) in [6.07, 6.45) is 5.46. The normalized spacial score (nSPS) is 18.9. The molecular formula is C26H33N3O2. The van der Waals surface area contributed by atoms with E-state index in [1.165, 1.54) is 5.56 Å². The van der Waals surface area contributed by atoms with E-state index in [9.17, 15) is 4.79 Å². The maximum absolute atomic E-state index is 12.7. The van der Waals surface area contributed by atoms with E-state index in [2.05, 4.69) is 48.2 Å². The average molecular weight is 420 g/mol. The topological polar surface area (TPSA) is 53.6 Å². The molecule has 5 nitrogen and oxygen atoms in total. The van der Waals surface area contributed by atoms with Gasteiger partial charge in [-0.15, -0.1) is 0 Å². The van der Waals surface area contributed by atoms with E-state index >= 15 is 0 Å². The Morgan fingerprint density at radius 1 is 1.23 bits per heavy atom. The van der Waals surface area contributed by atoms with Gasteiger partial charge in [0.25, 0.3) is 5.91 Å². The third-order valence-corrected chi connectivity index (χ3v) is 6.28. The number of hydrogen-bond donors (Lipinski definition) is 2. The zero-order valence-corrected chi connectivity index (χ0v) is 19.2. The van der Waals surface area contributed by atoms with Crippen LogP contribution in [0.4, 0.5) is 11.4 Å². The third-order valence-electron chi connectivity index (χ3n) is 6.28. The van der Waals surface area contributed by atoms with Crippen molar-refractivity contribution in [2.75, 3.05) is 30.9 Å². The second-order valence-corrected chi connectivity index (χ2v) is 8.10. The molecule has 2 aromatic rings. The summed E-state index contributed by atoms with van der Waals surface area (Å²) < 4.78 is 5.42. The van der Waals surface area contributed by atoms with Crippen LogP contribution in [0.2, 0.25) is 0 Å². The van der Waals surface area contributed by atoms with E-state index < -0.39 is 0 Å². The Kier molecular flexibility index (Phi) is 6.74. The van der Waals surface area contributed by atoms with Crippen molar-refractivity contribution in [3.05, 3.63) is 77.5 Å². The number of fused-ring (bicyclic) bond motifs is 1. The number of benzene rings is 2. The summed E-state index contributed by atoms with van der Waals surface area (Å²) in [5, 5.41) is 6.84. The number of rotatable bonds is 7. The number of amides is 1. The Morgan fingerprint density at radius 3 is 2.65 bits per heavy atom. The van der Waals surface area contributed by atoms with Crippen LogP contribution < -0.4 is 20.3 Å². The molecule has 0 aromatic heterocycles. The van der Waals surface area contributed by atoms with Crippen LogP contribution in [0, 0.1) is 13.8 Å². The molecule has 0 fully saturated rings. The molecule has 0 spiro atoms. The van der Waals surface area contributed by atoms with Gasteiger partial charge in [0.05, 0.1) is 24.0 Å². The summed E-state index contributed by atoms with van der Waals surface area (Å²) in [6, 6.07) is 11.9. The van der Waals surface area contributed by atoms with E-state index in [0.29, 0.717) is 12.1 Å². The fraction of sp³-hybridized carbons (Fsp3) is 0.346. The maximum Gasteiger partial charge on any atom is 0.251 e. The molecule has 164 valence electrons. The van der Waals surface area contributed by atoms with Gasteiger partial charge < -0.3 is 20.3 Å². The van der Waals surface area contributed by atoms with E-state index in [0.717, 1.165) is 41.2 Å². The van der Waals surface area contributed by atoms with Crippen molar-refractivity contribution in [1.29, 1.82) is 0 Å². The molecule has 2 aromatic carbocycles. The fourth-order valence-electron chi connectivity index (χ4n) is 4.20. The lowest BCUT2D eigenvalue weighted by Crippen LogP contribution is -2.50. The standard InChI is InChI=1S/C26H33N3O2/c1-7-9-24-26(8-2,28-22-17-21(31-6)12-13-23(22)29(24)5)14-15-27-25(30)20-11-10-18(3)19(4)16-20/h7,9-13,16-17,28H,1,8,14-15H2,2-6H3,(H,27,30)/b24-9-. The number of aryl methyl sites for hydroxylation is 2. The molecule has 0 saturated heterocycles. The first-order valence-electron chi connectivity index (χ1n) is 10.7. The van der Waals surface area contributed by atoms with Crippen LogP contribution in [-0.4, -0.2) is 32.1 Å². The van der Waals surface area contributed by atoms with Gasteiger partial charge >= 0.3 is 0 Å². The number of methoxy groups -OCH3 is 1. The predicted molar refractivity (Wildman–Crippen MR) is 129 cm³/mol. The number of carbonyl (C=O) groups excluding carboxylic acids is 1. The minimum Gasteiger partial charge on any atom is -0.497 e. The van der Waals surface area contributed by atoms with Crippen LogP contribution in [0.1, 0.15) is 41.3 Å². The number of ether oxygens (including phenoxy) is 1. The minimum atomic E-state index is -0.335. The quantitative estimate of drug-likeness (QED) is 0.647. The van der Waals surface area contributed by atoms with Gasteiger partial charge in [0, 0.05) is 30.9 Å². The molecule has 1 atom stereocenters. The highest BCUT2D eigenvalue weighted by Gasteiger charge is 2.39. The number of hydrogen-bond acceptors (Lipinski definition) is 4. The summed E-state index contributed by atoms with van der Waals surface area (Å²) >= 11 is 0. The Bertz CT molecular complexity index is 1010. The molecule has 1 heterocycles. The average Bonchev–Trinajstić information content (AvgIpc) is 2.77. The number of likely N-dealkylation sites (N-methyl/N-ethyl adjacent to an activating group) is 1. The van der Waals surface area contributed by atoms with Crippen molar-refractivity contribution in [1.82, 2.24) is 5.32 Å². The lowest BCUT2D eigenvalue weighted by atomic mass is 9.84. The van der Waals surface area contributed by atoms with Gasteiger partial charge in [-0.05, 0) is 68.2 Å². The summed E-state index contributed by atoms with van der Waals surface area (Å²) in [6.45, 7) is 10.7. The van der Waals surface area contributed by atoms with Gasteiger partial charge in [-0.1, -0.05) is 25.6 Å². The highest BCUT2D eigenvalue weighted by Crippen LogP contribution is 2.44. The number of anilines is 2. The van der Waals surface area contributed by atoms with Crippen LogP contribution in [0.3, 0.4) is 0 Å². The lowest BCUT2D eigenvalue weighted by Gasteiger charge is -2.47. The first-order chi connectivity index (χ1) is 14.8. The van der Waals surface area contributed by atoms with Crippen LogP contribution in [0.25, 0.3) is 0 Å². The molecule has 2 N–H and O–H groups in total. The van der Waals surface area contributed by atoms with E-state index in [4.69, 9.17) is 4.74 Å². The molecule has 0 aliphatic carbocycles. The zero-order chi connectivity index (χ0) is 22.6. The van der Waals surface area contributed by atoms with Crippen LogP contribution in [-0.2, 0) is 0 Å². The summed E-state index contributed by atoms with van der Waals surface area (Å²) in [5.41, 5.74) is 5.89. The third kappa shape index (κ3) is 4.46. The van der Waals surface area contributed by atoms with E-state index in [1.807, 2.05) is 50.3 Å². The van der Waals surface area contributed by atoms with Gasteiger partial charge in [0.1, 0.15) is 5.75 Å². The predicted octanol–water partition coefficient (Wildman–Crippen LogP) is 5.21. The molecule has 1 amide bonds. The highest BCUT2D eigenvalue weighted by atomic mass is 16.5. The Morgan fingerprint density at radius 2 is 2.00 bits per heavy atom. The fourth-order valence-corrected chi connectivity index (χ4v) is 4.20. The van der Waals surface area contributed by atoms with Crippen molar-refractivity contribution in [3.63, 3.8) is 0 Å².